The molecule has 6 nitrogen and oxygen atoms in total. The minimum atomic E-state index is -4.52. The Labute approximate surface area is 189 Å². The van der Waals surface area contributed by atoms with Gasteiger partial charge in [-0.3, -0.25) is 9.36 Å². The summed E-state index contributed by atoms with van der Waals surface area (Å²) in [7, 11) is 0. The van der Waals surface area contributed by atoms with Crippen molar-refractivity contribution in [2.24, 2.45) is 0 Å². The van der Waals surface area contributed by atoms with Crippen LogP contribution in [0.25, 0.3) is 11.4 Å². The van der Waals surface area contributed by atoms with Crippen LogP contribution in [0.2, 0.25) is 0 Å². The van der Waals surface area contributed by atoms with Crippen LogP contribution in [0.5, 0.6) is 5.75 Å². The fraction of sp³-hybridized carbons (Fsp3) is 0.190. The second kappa shape index (κ2) is 10.5. The lowest BCUT2D eigenvalue weighted by Gasteiger charge is -2.10. The van der Waals surface area contributed by atoms with Crippen molar-refractivity contribution < 1.29 is 31.5 Å². The van der Waals surface area contributed by atoms with Gasteiger partial charge < -0.3 is 10.1 Å². The first-order chi connectivity index (χ1) is 15.7. The van der Waals surface area contributed by atoms with Gasteiger partial charge in [-0.15, -0.1) is 16.8 Å². The zero-order valence-electron chi connectivity index (χ0n) is 16.9. The summed E-state index contributed by atoms with van der Waals surface area (Å²) < 4.78 is 69.1. The van der Waals surface area contributed by atoms with Crippen LogP contribution in [0.15, 0.2) is 66.3 Å². The first kappa shape index (κ1) is 24.2. The van der Waals surface area contributed by atoms with E-state index in [1.807, 2.05) is 0 Å². The lowest BCUT2D eigenvalue weighted by atomic mass is 10.2. The number of benzene rings is 2. The molecule has 1 aromatic heterocycles. The van der Waals surface area contributed by atoms with E-state index < -0.39 is 24.3 Å². The number of halogens is 5. The number of alkyl halides is 5. The molecule has 3 rings (SSSR count). The molecule has 1 amide bonds. The Bertz CT molecular complexity index is 1120. The van der Waals surface area contributed by atoms with Crippen molar-refractivity contribution in [3.8, 4) is 17.1 Å². The Morgan fingerprint density at radius 3 is 2.55 bits per heavy atom. The Hall–Kier alpha value is -3.41. The summed E-state index contributed by atoms with van der Waals surface area (Å²) in [5.41, 5.74) is -0.269. The first-order valence-electron chi connectivity index (χ1n) is 9.36. The second-order valence-electron chi connectivity index (χ2n) is 6.52. The van der Waals surface area contributed by atoms with Crippen molar-refractivity contribution in [3.63, 3.8) is 0 Å². The molecule has 0 radical (unpaired) electrons. The summed E-state index contributed by atoms with van der Waals surface area (Å²) in [6.45, 7) is 1.04. The Kier molecular flexibility index (Phi) is 7.69. The van der Waals surface area contributed by atoms with Crippen molar-refractivity contribution in [2.75, 3.05) is 11.1 Å². The highest BCUT2D eigenvalue weighted by atomic mass is 32.2. The summed E-state index contributed by atoms with van der Waals surface area (Å²) in [5.74, 6) is -0.252. The van der Waals surface area contributed by atoms with Gasteiger partial charge in [0.2, 0.25) is 5.91 Å². The molecule has 0 spiro atoms. The van der Waals surface area contributed by atoms with E-state index in [9.17, 15) is 26.7 Å². The summed E-state index contributed by atoms with van der Waals surface area (Å²) in [5, 5.41) is 10.9. The number of carbonyl (C=O) groups excluding carboxylic acids is 1. The number of rotatable bonds is 9. The van der Waals surface area contributed by atoms with Gasteiger partial charge in [0.15, 0.2) is 11.0 Å². The topological polar surface area (TPSA) is 69.0 Å². The number of ether oxygens (including phenoxy) is 1. The van der Waals surface area contributed by atoms with Crippen LogP contribution >= 0.6 is 11.8 Å². The van der Waals surface area contributed by atoms with E-state index in [0.717, 1.165) is 23.9 Å². The maximum atomic E-state index is 12.8. The SMILES string of the molecule is C=CCn1c(SCC(=O)Nc2cccc(C(F)(F)F)c2)nnc1-c1ccc(OC(F)F)cc1. The number of thioether (sulfide) groups is 1. The van der Waals surface area contributed by atoms with Crippen LogP contribution in [0.1, 0.15) is 5.56 Å². The molecule has 0 unspecified atom stereocenters. The fourth-order valence-electron chi connectivity index (χ4n) is 2.79. The summed E-state index contributed by atoms with van der Waals surface area (Å²) in [6, 6.07) is 10.1. The Balaban J connectivity index is 1.70. The van der Waals surface area contributed by atoms with Gasteiger partial charge in [-0.1, -0.05) is 23.9 Å². The number of hydrogen-bond donors (Lipinski definition) is 1. The van der Waals surface area contributed by atoms with Crippen molar-refractivity contribution in [1.29, 1.82) is 0 Å². The predicted molar refractivity (Wildman–Crippen MR) is 113 cm³/mol. The van der Waals surface area contributed by atoms with E-state index in [4.69, 9.17) is 0 Å². The molecule has 12 heteroatoms. The van der Waals surface area contributed by atoms with Gasteiger partial charge in [0, 0.05) is 17.8 Å². The van der Waals surface area contributed by atoms with Gasteiger partial charge >= 0.3 is 12.8 Å². The molecule has 1 N–H and O–H groups in total. The summed E-state index contributed by atoms with van der Waals surface area (Å²) >= 11 is 1.03. The number of nitrogens with zero attached hydrogens (tertiary/aromatic N) is 3. The molecule has 0 aliphatic rings. The van der Waals surface area contributed by atoms with Crippen molar-refractivity contribution in [1.82, 2.24) is 14.8 Å². The number of nitrogens with one attached hydrogen (secondary N) is 1. The van der Waals surface area contributed by atoms with E-state index >= 15 is 0 Å². The van der Waals surface area contributed by atoms with E-state index in [0.29, 0.717) is 23.1 Å². The number of carbonyl (C=O) groups is 1. The number of allylic oxidation sites excluding steroid dienone is 1. The molecule has 1 heterocycles. The summed E-state index contributed by atoms with van der Waals surface area (Å²) in [6.07, 6.45) is -2.93. The maximum Gasteiger partial charge on any atom is 0.416 e. The highest BCUT2D eigenvalue weighted by Gasteiger charge is 2.30. The average molecular weight is 484 g/mol. The number of amides is 1. The van der Waals surface area contributed by atoms with Gasteiger partial charge in [-0.2, -0.15) is 22.0 Å². The molecule has 33 heavy (non-hydrogen) atoms. The zero-order chi connectivity index (χ0) is 24.0. The maximum absolute atomic E-state index is 12.8. The first-order valence-corrected chi connectivity index (χ1v) is 10.3. The minimum absolute atomic E-state index is 0.00982. The quantitative estimate of drug-likeness (QED) is 0.247. The number of hydrogen-bond acceptors (Lipinski definition) is 5. The lowest BCUT2D eigenvalue weighted by Crippen LogP contribution is -2.15. The molecule has 0 aliphatic heterocycles. The Morgan fingerprint density at radius 1 is 1.18 bits per heavy atom. The van der Waals surface area contributed by atoms with Crippen LogP contribution in [-0.4, -0.2) is 33.0 Å². The van der Waals surface area contributed by atoms with Crippen LogP contribution in [0.4, 0.5) is 27.6 Å². The highest BCUT2D eigenvalue weighted by Crippen LogP contribution is 2.31. The van der Waals surface area contributed by atoms with Gasteiger partial charge in [0.05, 0.1) is 11.3 Å². The van der Waals surface area contributed by atoms with Crippen molar-refractivity contribution in [3.05, 3.63) is 66.7 Å². The molecule has 0 saturated heterocycles. The van der Waals surface area contributed by atoms with Crippen LogP contribution in [0, 0.1) is 0 Å². The third-order valence-electron chi connectivity index (χ3n) is 4.17. The normalized spacial score (nSPS) is 11.5. The van der Waals surface area contributed by atoms with Crippen molar-refractivity contribution >= 4 is 23.4 Å². The third-order valence-corrected chi connectivity index (χ3v) is 5.14. The monoisotopic (exact) mass is 484 g/mol. The van der Waals surface area contributed by atoms with E-state index in [1.165, 1.54) is 36.4 Å². The van der Waals surface area contributed by atoms with E-state index in [-0.39, 0.29) is 17.2 Å². The molecule has 0 fully saturated rings. The number of anilines is 1. The Morgan fingerprint density at radius 2 is 1.91 bits per heavy atom. The molecular weight excluding hydrogens is 467 g/mol. The molecule has 0 bridgehead atoms. The summed E-state index contributed by atoms with van der Waals surface area (Å²) in [4.78, 5) is 12.3. The van der Waals surface area contributed by atoms with Crippen LogP contribution < -0.4 is 10.1 Å². The van der Waals surface area contributed by atoms with Crippen LogP contribution in [0.3, 0.4) is 0 Å². The standard InChI is InChI=1S/C21H17F5N4O2S/c1-2-10-30-18(13-6-8-16(9-7-13)32-19(22)23)28-29-20(30)33-12-17(31)27-15-5-3-4-14(11-15)21(24,25)26/h2-9,11,19H,1,10,12H2,(H,27,31). The molecule has 2 aromatic carbocycles. The zero-order valence-corrected chi connectivity index (χ0v) is 17.7. The third kappa shape index (κ3) is 6.54. The van der Waals surface area contributed by atoms with Gasteiger partial charge in [-0.25, -0.2) is 0 Å². The van der Waals surface area contributed by atoms with Gasteiger partial charge in [0.25, 0.3) is 0 Å². The number of aromatic nitrogens is 3. The molecular formula is C21H17F5N4O2S. The average Bonchev–Trinajstić information content (AvgIpc) is 3.15. The van der Waals surface area contributed by atoms with E-state index in [2.05, 4.69) is 26.8 Å². The van der Waals surface area contributed by atoms with Crippen molar-refractivity contribution in [2.45, 2.75) is 24.5 Å². The fourth-order valence-corrected chi connectivity index (χ4v) is 3.54. The predicted octanol–water partition coefficient (Wildman–Crippen LogP) is 5.48. The van der Waals surface area contributed by atoms with Gasteiger partial charge in [-0.05, 0) is 42.5 Å². The second-order valence-corrected chi connectivity index (χ2v) is 7.47. The lowest BCUT2D eigenvalue weighted by molar-refractivity contribution is -0.137. The van der Waals surface area contributed by atoms with Crippen LogP contribution in [-0.2, 0) is 17.5 Å². The molecule has 174 valence electrons. The minimum Gasteiger partial charge on any atom is -0.435 e. The molecule has 0 aliphatic carbocycles. The molecule has 0 saturated carbocycles. The molecule has 3 aromatic rings. The van der Waals surface area contributed by atoms with E-state index in [1.54, 1.807) is 10.6 Å². The smallest absolute Gasteiger partial charge is 0.416 e. The molecule has 0 atom stereocenters. The highest BCUT2D eigenvalue weighted by molar-refractivity contribution is 7.99. The van der Waals surface area contributed by atoms with Gasteiger partial charge in [0.1, 0.15) is 5.75 Å². The largest absolute Gasteiger partial charge is 0.435 e.